The zero-order chi connectivity index (χ0) is 23.1. The Morgan fingerprint density at radius 2 is 1.88 bits per heavy atom. The molecule has 1 aromatic heterocycles. The van der Waals surface area contributed by atoms with Gasteiger partial charge in [-0.25, -0.2) is 18.1 Å². The van der Waals surface area contributed by atoms with Gasteiger partial charge >= 0.3 is 0 Å². The minimum absolute atomic E-state index is 0.0698. The number of rotatable bonds is 7. The lowest BCUT2D eigenvalue weighted by Gasteiger charge is -2.10. The number of sulfonamides is 1. The van der Waals surface area contributed by atoms with Gasteiger partial charge in [-0.15, -0.1) is 11.8 Å². The van der Waals surface area contributed by atoms with Crippen molar-refractivity contribution >= 4 is 39.3 Å². The standard InChI is InChI=1S/C22H24N4O4S2/c1-15(27)26-32(29,30)19-9-7-18(8-10-19)24-21(28)11-12-31-22-17(14-23)13-16-5-3-2-4-6-20(16)25-22/h7-10,13H,2-6,11-12H2,1H3,(H,24,28)(H,26,27). The Labute approximate surface area is 191 Å². The molecule has 0 fully saturated rings. The Morgan fingerprint density at radius 3 is 2.56 bits per heavy atom. The van der Waals surface area contributed by atoms with Crippen molar-refractivity contribution in [2.24, 2.45) is 0 Å². The van der Waals surface area contributed by atoms with E-state index in [2.05, 4.69) is 11.4 Å². The van der Waals surface area contributed by atoms with Crippen molar-refractivity contribution in [1.29, 1.82) is 5.26 Å². The highest BCUT2D eigenvalue weighted by Gasteiger charge is 2.16. The molecule has 0 bridgehead atoms. The van der Waals surface area contributed by atoms with Gasteiger partial charge in [0.1, 0.15) is 11.1 Å². The van der Waals surface area contributed by atoms with E-state index < -0.39 is 15.9 Å². The van der Waals surface area contributed by atoms with E-state index in [1.807, 2.05) is 10.8 Å². The monoisotopic (exact) mass is 472 g/mol. The Bertz CT molecular complexity index is 1160. The first-order chi connectivity index (χ1) is 15.3. The SMILES string of the molecule is CC(=O)NS(=O)(=O)c1ccc(NC(=O)CCSc2nc3c(cc2C#N)CCCCC3)cc1. The van der Waals surface area contributed by atoms with Crippen molar-refractivity contribution in [3.63, 3.8) is 0 Å². The highest BCUT2D eigenvalue weighted by atomic mass is 32.2. The average Bonchev–Trinajstić information content (AvgIpc) is 2.97. The minimum atomic E-state index is -3.91. The van der Waals surface area contributed by atoms with Gasteiger partial charge < -0.3 is 5.32 Å². The van der Waals surface area contributed by atoms with Crippen LogP contribution in [0.25, 0.3) is 0 Å². The molecule has 2 amide bonds. The number of anilines is 1. The summed E-state index contributed by atoms with van der Waals surface area (Å²) in [5.41, 5.74) is 3.21. The van der Waals surface area contributed by atoms with E-state index in [-0.39, 0.29) is 17.2 Å². The highest BCUT2D eigenvalue weighted by Crippen LogP contribution is 2.27. The van der Waals surface area contributed by atoms with Gasteiger partial charge in [-0.3, -0.25) is 9.59 Å². The fourth-order valence-corrected chi connectivity index (χ4v) is 5.32. The summed E-state index contributed by atoms with van der Waals surface area (Å²) in [4.78, 5) is 27.9. The van der Waals surface area contributed by atoms with Crippen LogP contribution in [0.5, 0.6) is 0 Å². The maximum Gasteiger partial charge on any atom is 0.264 e. The van der Waals surface area contributed by atoms with Crippen LogP contribution in [0.3, 0.4) is 0 Å². The lowest BCUT2D eigenvalue weighted by molar-refractivity contribution is -0.117. The molecule has 0 unspecified atom stereocenters. The number of nitrogens with zero attached hydrogens (tertiary/aromatic N) is 2. The third kappa shape index (κ3) is 6.31. The number of thioether (sulfide) groups is 1. The summed E-state index contributed by atoms with van der Waals surface area (Å²) in [6.45, 7) is 1.12. The normalized spacial score (nSPS) is 13.4. The summed E-state index contributed by atoms with van der Waals surface area (Å²) < 4.78 is 25.8. The molecule has 1 aliphatic carbocycles. The van der Waals surface area contributed by atoms with Crippen molar-refractivity contribution in [3.05, 3.63) is 47.2 Å². The van der Waals surface area contributed by atoms with Crippen LogP contribution in [-0.2, 0) is 32.5 Å². The highest BCUT2D eigenvalue weighted by molar-refractivity contribution is 7.99. The molecule has 0 saturated heterocycles. The molecule has 0 radical (unpaired) electrons. The zero-order valence-corrected chi connectivity index (χ0v) is 19.3. The van der Waals surface area contributed by atoms with Crippen LogP contribution in [0, 0.1) is 11.3 Å². The molecular formula is C22H24N4O4S2. The van der Waals surface area contributed by atoms with E-state index in [4.69, 9.17) is 4.98 Å². The van der Waals surface area contributed by atoms with E-state index in [0.717, 1.165) is 43.9 Å². The van der Waals surface area contributed by atoms with Crippen LogP contribution in [-0.4, -0.2) is 31.0 Å². The Balaban J connectivity index is 1.56. The van der Waals surface area contributed by atoms with Gasteiger partial charge in [-0.1, -0.05) is 6.42 Å². The fraction of sp³-hybridized carbons (Fsp3) is 0.364. The molecule has 1 heterocycles. The lowest BCUT2D eigenvalue weighted by atomic mass is 10.1. The van der Waals surface area contributed by atoms with Crippen molar-refractivity contribution < 1.29 is 18.0 Å². The molecule has 32 heavy (non-hydrogen) atoms. The number of nitriles is 1. The summed E-state index contributed by atoms with van der Waals surface area (Å²) in [6.07, 6.45) is 5.47. The number of benzene rings is 1. The third-order valence-electron chi connectivity index (χ3n) is 4.93. The van der Waals surface area contributed by atoms with Gasteiger partial charge in [0.15, 0.2) is 0 Å². The van der Waals surface area contributed by atoms with E-state index in [1.54, 1.807) is 0 Å². The maximum atomic E-state index is 12.3. The predicted molar refractivity (Wildman–Crippen MR) is 122 cm³/mol. The van der Waals surface area contributed by atoms with Crippen molar-refractivity contribution in [2.45, 2.75) is 55.4 Å². The number of amides is 2. The van der Waals surface area contributed by atoms with Gasteiger partial charge in [-0.2, -0.15) is 5.26 Å². The molecule has 10 heteroatoms. The molecule has 1 aliphatic rings. The number of hydrogen-bond donors (Lipinski definition) is 2. The van der Waals surface area contributed by atoms with Gasteiger partial charge in [-0.05, 0) is 61.6 Å². The molecule has 0 spiro atoms. The second-order valence-corrected chi connectivity index (χ2v) is 10.2. The summed E-state index contributed by atoms with van der Waals surface area (Å²) in [5, 5.41) is 12.8. The smallest absolute Gasteiger partial charge is 0.264 e. The van der Waals surface area contributed by atoms with Gasteiger partial charge in [0.25, 0.3) is 10.0 Å². The topological polar surface area (TPSA) is 129 Å². The second kappa shape index (κ2) is 10.6. The van der Waals surface area contributed by atoms with Crippen LogP contribution >= 0.6 is 11.8 Å². The molecule has 0 aliphatic heterocycles. The number of fused-ring (bicyclic) bond motifs is 1. The van der Waals surface area contributed by atoms with Gasteiger partial charge in [0, 0.05) is 30.5 Å². The minimum Gasteiger partial charge on any atom is -0.326 e. The van der Waals surface area contributed by atoms with E-state index in [0.29, 0.717) is 22.0 Å². The van der Waals surface area contributed by atoms with E-state index in [9.17, 15) is 23.3 Å². The third-order valence-corrected chi connectivity index (χ3v) is 7.37. The average molecular weight is 473 g/mol. The van der Waals surface area contributed by atoms with E-state index in [1.165, 1.54) is 42.4 Å². The molecule has 168 valence electrons. The molecule has 8 nitrogen and oxygen atoms in total. The quantitative estimate of drug-likeness (QED) is 0.468. The zero-order valence-electron chi connectivity index (χ0n) is 17.7. The van der Waals surface area contributed by atoms with Crippen LogP contribution in [0.4, 0.5) is 5.69 Å². The number of nitrogens with one attached hydrogen (secondary N) is 2. The molecule has 1 aromatic carbocycles. The number of carbonyl (C=O) groups excluding carboxylic acids is 2. The first kappa shape index (κ1) is 23.8. The molecule has 2 N–H and O–H groups in total. The first-order valence-corrected chi connectivity index (χ1v) is 12.7. The van der Waals surface area contributed by atoms with Crippen LogP contribution < -0.4 is 10.0 Å². The molecular weight excluding hydrogens is 448 g/mol. The van der Waals surface area contributed by atoms with Gasteiger partial charge in [0.05, 0.1) is 10.5 Å². The molecule has 0 saturated carbocycles. The number of carbonyl (C=O) groups is 2. The largest absolute Gasteiger partial charge is 0.326 e. The first-order valence-electron chi connectivity index (χ1n) is 10.3. The van der Waals surface area contributed by atoms with Crippen molar-refractivity contribution in [1.82, 2.24) is 9.71 Å². The van der Waals surface area contributed by atoms with Crippen molar-refractivity contribution in [2.75, 3.05) is 11.1 Å². The second-order valence-electron chi connectivity index (χ2n) is 7.45. The lowest BCUT2D eigenvalue weighted by Crippen LogP contribution is -2.28. The molecule has 0 atom stereocenters. The number of pyridine rings is 1. The Kier molecular flexibility index (Phi) is 7.88. The fourth-order valence-electron chi connectivity index (χ4n) is 3.41. The number of aryl methyl sites for hydroxylation is 2. The van der Waals surface area contributed by atoms with Crippen molar-refractivity contribution in [3.8, 4) is 6.07 Å². The summed E-state index contributed by atoms with van der Waals surface area (Å²) >= 11 is 1.39. The Hall–Kier alpha value is -2.90. The molecule has 2 aromatic rings. The maximum absolute atomic E-state index is 12.3. The Morgan fingerprint density at radius 1 is 1.16 bits per heavy atom. The molecule has 3 rings (SSSR count). The summed E-state index contributed by atoms with van der Waals surface area (Å²) in [5.74, 6) is -0.451. The van der Waals surface area contributed by atoms with Crippen LogP contribution in [0.2, 0.25) is 0 Å². The summed E-state index contributed by atoms with van der Waals surface area (Å²) in [6, 6.07) is 9.70. The van der Waals surface area contributed by atoms with Gasteiger partial charge in [0.2, 0.25) is 11.8 Å². The van der Waals surface area contributed by atoms with Crippen LogP contribution in [0.1, 0.15) is 49.4 Å². The number of hydrogen-bond acceptors (Lipinski definition) is 7. The van der Waals surface area contributed by atoms with Crippen LogP contribution in [0.15, 0.2) is 40.3 Å². The predicted octanol–water partition coefficient (Wildman–Crippen LogP) is 3.17. The number of aromatic nitrogens is 1. The van der Waals surface area contributed by atoms with E-state index >= 15 is 0 Å². The summed E-state index contributed by atoms with van der Waals surface area (Å²) in [7, 11) is -3.91.